The predicted molar refractivity (Wildman–Crippen MR) is 65.0 cm³/mol. The number of nitriles is 1. The molecule has 2 fully saturated rings. The fourth-order valence-corrected chi connectivity index (χ4v) is 3.23. The number of carbonyl (C=O) groups excluding carboxylic acids is 1. The van der Waals surface area contributed by atoms with Crippen LogP contribution in [0, 0.1) is 23.2 Å². The highest BCUT2D eigenvalue weighted by Crippen LogP contribution is 2.37. The third-order valence-corrected chi connectivity index (χ3v) is 4.60. The van der Waals surface area contributed by atoms with Gasteiger partial charge >= 0.3 is 0 Å². The lowest BCUT2D eigenvalue weighted by Crippen LogP contribution is -2.43. The summed E-state index contributed by atoms with van der Waals surface area (Å²) >= 11 is 3.49. The molecule has 0 heterocycles. The number of nitrogens with zero attached hydrogens (tertiary/aromatic N) is 1. The van der Waals surface area contributed by atoms with Gasteiger partial charge in [-0.2, -0.15) is 5.26 Å². The Bertz CT molecular complexity index is 319. The molecule has 0 bridgehead atoms. The van der Waals surface area contributed by atoms with Gasteiger partial charge in [-0.15, -0.1) is 0 Å². The highest BCUT2D eigenvalue weighted by Gasteiger charge is 2.46. The van der Waals surface area contributed by atoms with Crippen molar-refractivity contribution in [2.24, 2.45) is 11.8 Å². The number of carbonyl (C=O) groups is 1. The SMILES string of the molecule is N#CC1(NC(=O)[C@H]2CCCC[C@@H]2CBr)CC1. The first-order valence-electron chi connectivity index (χ1n) is 6.00. The Morgan fingerprint density at radius 2 is 2.12 bits per heavy atom. The lowest BCUT2D eigenvalue weighted by Gasteiger charge is -2.29. The van der Waals surface area contributed by atoms with Gasteiger partial charge < -0.3 is 5.32 Å². The van der Waals surface area contributed by atoms with Crippen LogP contribution in [0.5, 0.6) is 0 Å². The molecule has 2 rings (SSSR count). The van der Waals surface area contributed by atoms with Crippen LogP contribution in [-0.2, 0) is 4.79 Å². The van der Waals surface area contributed by atoms with Crippen LogP contribution in [0.3, 0.4) is 0 Å². The first-order valence-corrected chi connectivity index (χ1v) is 7.12. The van der Waals surface area contributed by atoms with Gasteiger partial charge in [0.25, 0.3) is 0 Å². The van der Waals surface area contributed by atoms with E-state index in [9.17, 15) is 4.79 Å². The largest absolute Gasteiger partial charge is 0.338 e. The van der Waals surface area contributed by atoms with Gasteiger partial charge in [0.15, 0.2) is 0 Å². The standard InChI is InChI=1S/C12H17BrN2O/c13-7-9-3-1-2-4-10(9)11(16)15-12(8-14)5-6-12/h9-10H,1-7H2,(H,15,16)/t9-,10+/m1/s1. The second-order valence-corrected chi connectivity index (χ2v) is 5.64. The summed E-state index contributed by atoms with van der Waals surface area (Å²) in [7, 11) is 0. The molecule has 0 spiro atoms. The number of hydrogen-bond acceptors (Lipinski definition) is 2. The van der Waals surface area contributed by atoms with Gasteiger partial charge in [0.05, 0.1) is 6.07 Å². The van der Waals surface area contributed by atoms with Crippen molar-refractivity contribution in [2.75, 3.05) is 5.33 Å². The Kier molecular flexibility index (Phi) is 3.53. The monoisotopic (exact) mass is 284 g/mol. The molecule has 2 aliphatic rings. The van der Waals surface area contributed by atoms with Gasteiger partial charge in [0, 0.05) is 11.2 Å². The highest BCUT2D eigenvalue weighted by molar-refractivity contribution is 9.09. The van der Waals surface area contributed by atoms with Gasteiger partial charge in [0.2, 0.25) is 5.91 Å². The van der Waals surface area contributed by atoms with Crippen molar-refractivity contribution >= 4 is 21.8 Å². The number of rotatable bonds is 3. The highest BCUT2D eigenvalue weighted by atomic mass is 79.9. The summed E-state index contributed by atoms with van der Waals surface area (Å²) in [5, 5.41) is 12.8. The third kappa shape index (κ3) is 2.40. The Morgan fingerprint density at radius 3 is 2.69 bits per heavy atom. The molecule has 0 unspecified atom stereocenters. The summed E-state index contributed by atoms with van der Waals surface area (Å²) in [4.78, 5) is 12.1. The van der Waals surface area contributed by atoms with Gasteiger partial charge in [-0.3, -0.25) is 4.79 Å². The van der Waals surface area contributed by atoms with Gasteiger partial charge in [-0.1, -0.05) is 28.8 Å². The van der Waals surface area contributed by atoms with Crippen LogP contribution in [-0.4, -0.2) is 16.8 Å². The summed E-state index contributed by atoms with van der Waals surface area (Å²) in [6, 6.07) is 2.21. The molecule has 1 amide bonds. The van der Waals surface area contributed by atoms with Crippen molar-refractivity contribution in [2.45, 2.75) is 44.1 Å². The normalized spacial score (nSPS) is 31.5. The zero-order valence-corrected chi connectivity index (χ0v) is 10.9. The molecule has 0 aliphatic heterocycles. The Hall–Kier alpha value is -0.560. The fraction of sp³-hybridized carbons (Fsp3) is 0.833. The van der Waals surface area contributed by atoms with Gasteiger partial charge in [0.1, 0.15) is 5.54 Å². The second kappa shape index (κ2) is 4.75. The number of alkyl halides is 1. The molecular formula is C12H17BrN2O. The van der Waals surface area contributed by atoms with Crippen LogP contribution in [0.1, 0.15) is 38.5 Å². The number of hydrogen-bond donors (Lipinski definition) is 1. The van der Waals surface area contributed by atoms with E-state index in [0.29, 0.717) is 5.92 Å². The maximum atomic E-state index is 12.1. The maximum absolute atomic E-state index is 12.1. The van der Waals surface area contributed by atoms with Crippen molar-refractivity contribution in [3.05, 3.63) is 0 Å². The molecule has 0 aromatic carbocycles. The average molecular weight is 285 g/mol. The van der Waals surface area contributed by atoms with E-state index >= 15 is 0 Å². The molecule has 16 heavy (non-hydrogen) atoms. The zero-order chi connectivity index (χ0) is 11.6. The summed E-state index contributed by atoms with van der Waals surface area (Å²) in [6.45, 7) is 0. The molecule has 2 saturated carbocycles. The van der Waals surface area contributed by atoms with Crippen molar-refractivity contribution in [3.8, 4) is 6.07 Å². The molecule has 0 aromatic rings. The first kappa shape index (κ1) is 11.9. The molecule has 0 aromatic heterocycles. The molecular weight excluding hydrogens is 268 g/mol. The number of amides is 1. The topological polar surface area (TPSA) is 52.9 Å². The second-order valence-electron chi connectivity index (χ2n) is 4.99. The smallest absolute Gasteiger partial charge is 0.224 e. The van der Waals surface area contributed by atoms with Crippen LogP contribution in [0.25, 0.3) is 0 Å². The van der Waals surface area contributed by atoms with Crippen molar-refractivity contribution in [1.82, 2.24) is 5.32 Å². The van der Waals surface area contributed by atoms with Crippen molar-refractivity contribution in [3.63, 3.8) is 0 Å². The predicted octanol–water partition coefficient (Wildman–Crippen LogP) is 2.36. The van der Waals surface area contributed by atoms with E-state index in [2.05, 4.69) is 27.3 Å². The van der Waals surface area contributed by atoms with Crippen LogP contribution in [0.2, 0.25) is 0 Å². The molecule has 3 nitrogen and oxygen atoms in total. The van der Waals surface area contributed by atoms with Crippen LogP contribution >= 0.6 is 15.9 Å². The average Bonchev–Trinajstić information content (AvgIpc) is 3.09. The number of halogens is 1. The van der Waals surface area contributed by atoms with E-state index in [1.807, 2.05) is 0 Å². The first-order chi connectivity index (χ1) is 7.71. The van der Waals surface area contributed by atoms with Gasteiger partial charge in [-0.25, -0.2) is 0 Å². The van der Waals surface area contributed by atoms with E-state index in [4.69, 9.17) is 5.26 Å². The van der Waals surface area contributed by atoms with E-state index in [1.54, 1.807) is 0 Å². The van der Waals surface area contributed by atoms with Crippen molar-refractivity contribution in [1.29, 1.82) is 5.26 Å². The molecule has 0 saturated heterocycles. The summed E-state index contributed by atoms with van der Waals surface area (Å²) in [5.41, 5.74) is -0.509. The summed E-state index contributed by atoms with van der Waals surface area (Å²) < 4.78 is 0. The fourth-order valence-electron chi connectivity index (χ4n) is 2.46. The minimum atomic E-state index is -0.509. The number of nitrogens with one attached hydrogen (secondary N) is 1. The Balaban J connectivity index is 1.95. The quantitative estimate of drug-likeness (QED) is 0.809. The zero-order valence-electron chi connectivity index (χ0n) is 9.34. The van der Waals surface area contributed by atoms with Crippen LogP contribution in [0.15, 0.2) is 0 Å². The minimum absolute atomic E-state index is 0.100. The molecule has 1 N–H and O–H groups in total. The molecule has 88 valence electrons. The molecule has 0 radical (unpaired) electrons. The van der Waals surface area contributed by atoms with Crippen molar-refractivity contribution < 1.29 is 4.79 Å². The van der Waals surface area contributed by atoms with Crippen LogP contribution in [0.4, 0.5) is 0 Å². The molecule has 2 atom stereocenters. The van der Waals surface area contributed by atoms with E-state index < -0.39 is 5.54 Å². The van der Waals surface area contributed by atoms with E-state index in [0.717, 1.165) is 37.4 Å². The Morgan fingerprint density at radius 1 is 1.44 bits per heavy atom. The lowest BCUT2D eigenvalue weighted by atomic mass is 9.80. The molecule has 2 aliphatic carbocycles. The van der Waals surface area contributed by atoms with E-state index in [1.165, 1.54) is 6.42 Å². The third-order valence-electron chi connectivity index (χ3n) is 3.77. The van der Waals surface area contributed by atoms with Crippen LogP contribution < -0.4 is 5.32 Å². The lowest BCUT2D eigenvalue weighted by molar-refractivity contribution is -0.128. The van der Waals surface area contributed by atoms with E-state index in [-0.39, 0.29) is 11.8 Å². The summed E-state index contributed by atoms with van der Waals surface area (Å²) in [6.07, 6.45) is 6.11. The summed E-state index contributed by atoms with van der Waals surface area (Å²) in [5.74, 6) is 0.658. The van der Waals surface area contributed by atoms with Gasteiger partial charge in [-0.05, 0) is 31.6 Å². The molecule has 4 heteroatoms. The minimum Gasteiger partial charge on any atom is -0.338 e. The maximum Gasteiger partial charge on any atom is 0.224 e. The Labute approximate surface area is 105 Å².